The third kappa shape index (κ3) is 2.15. The Labute approximate surface area is 103 Å². The molecule has 80 valence electrons. The van der Waals surface area contributed by atoms with E-state index in [9.17, 15) is 4.79 Å². The number of nitrogens with zero attached hydrogens (tertiary/aromatic N) is 1. The molecule has 0 aliphatic carbocycles. The van der Waals surface area contributed by atoms with Crippen molar-refractivity contribution < 1.29 is 4.79 Å². The van der Waals surface area contributed by atoms with Crippen molar-refractivity contribution in [1.82, 2.24) is 0 Å². The fraction of sp³-hybridized carbons (Fsp3) is 0.364. The van der Waals surface area contributed by atoms with Crippen molar-refractivity contribution in [3.05, 3.63) is 27.3 Å². The number of amides is 1. The van der Waals surface area contributed by atoms with Gasteiger partial charge in [0.1, 0.15) is 0 Å². The third-order valence-electron chi connectivity index (χ3n) is 2.60. The average molecular weight is 316 g/mol. The Morgan fingerprint density at radius 3 is 2.80 bits per heavy atom. The molecule has 1 aromatic rings. The van der Waals surface area contributed by atoms with E-state index in [1.807, 2.05) is 19.1 Å². The number of hydrogen-bond acceptors (Lipinski definition) is 2. The lowest BCUT2D eigenvalue weighted by molar-refractivity contribution is -0.117. The second kappa shape index (κ2) is 4.09. The summed E-state index contributed by atoms with van der Waals surface area (Å²) in [5.74, 6) is 0.131. The van der Waals surface area contributed by atoms with Crippen LogP contribution in [-0.4, -0.2) is 18.5 Å². The molecule has 1 saturated heterocycles. The van der Waals surface area contributed by atoms with E-state index < -0.39 is 0 Å². The largest absolute Gasteiger partial charge is 0.326 e. The third-order valence-corrected chi connectivity index (χ3v) is 3.28. The minimum absolute atomic E-state index is 0.0174. The van der Waals surface area contributed by atoms with E-state index >= 15 is 0 Å². The highest BCUT2D eigenvalue weighted by Crippen LogP contribution is 2.25. The Bertz CT molecular complexity index is 406. The van der Waals surface area contributed by atoms with Gasteiger partial charge in [-0.15, -0.1) is 0 Å². The van der Waals surface area contributed by atoms with Crippen molar-refractivity contribution in [2.45, 2.75) is 19.4 Å². The summed E-state index contributed by atoms with van der Waals surface area (Å²) < 4.78 is 1.18. The highest BCUT2D eigenvalue weighted by Gasteiger charge is 2.28. The smallest absolute Gasteiger partial charge is 0.228 e. The van der Waals surface area contributed by atoms with E-state index in [1.54, 1.807) is 4.90 Å². The van der Waals surface area contributed by atoms with Gasteiger partial charge in [-0.05, 0) is 53.3 Å². The van der Waals surface area contributed by atoms with Crippen LogP contribution in [0.2, 0.25) is 0 Å². The second-order valence-electron chi connectivity index (χ2n) is 3.90. The van der Waals surface area contributed by atoms with Gasteiger partial charge in [-0.2, -0.15) is 0 Å². The quantitative estimate of drug-likeness (QED) is 0.801. The van der Waals surface area contributed by atoms with Crippen molar-refractivity contribution in [2.75, 3.05) is 11.4 Å². The van der Waals surface area contributed by atoms with Crippen LogP contribution in [0.15, 0.2) is 18.2 Å². The van der Waals surface area contributed by atoms with Gasteiger partial charge in [-0.1, -0.05) is 0 Å². The Morgan fingerprint density at radius 1 is 1.53 bits per heavy atom. The van der Waals surface area contributed by atoms with Crippen molar-refractivity contribution in [3.8, 4) is 0 Å². The molecule has 2 rings (SSSR count). The number of halogens is 1. The van der Waals surface area contributed by atoms with Gasteiger partial charge in [-0.25, -0.2) is 0 Å². The highest BCUT2D eigenvalue weighted by molar-refractivity contribution is 14.1. The van der Waals surface area contributed by atoms with E-state index in [0.29, 0.717) is 13.0 Å². The lowest BCUT2D eigenvalue weighted by atomic mass is 10.2. The monoisotopic (exact) mass is 316 g/mol. The summed E-state index contributed by atoms with van der Waals surface area (Å²) in [5, 5.41) is 0. The molecule has 1 aliphatic heterocycles. The van der Waals surface area contributed by atoms with Crippen molar-refractivity contribution >= 4 is 34.2 Å². The minimum Gasteiger partial charge on any atom is -0.326 e. The summed E-state index contributed by atoms with van der Waals surface area (Å²) in [6.07, 6.45) is 0.464. The van der Waals surface area contributed by atoms with Crippen molar-refractivity contribution in [2.24, 2.45) is 5.73 Å². The van der Waals surface area contributed by atoms with Gasteiger partial charge in [0.15, 0.2) is 0 Å². The molecule has 0 saturated carbocycles. The molecular formula is C11H13IN2O. The van der Waals surface area contributed by atoms with Crippen LogP contribution >= 0.6 is 22.6 Å². The molecule has 4 heteroatoms. The predicted octanol–water partition coefficient (Wildman–Crippen LogP) is 1.66. The van der Waals surface area contributed by atoms with Crippen LogP contribution in [0.5, 0.6) is 0 Å². The summed E-state index contributed by atoms with van der Waals surface area (Å²) in [4.78, 5) is 13.5. The lowest BCUT2D eigenvalue weighted by Crippen LogP contribution is -2.28. The van der Waals surface area contributed by atoms with Crippen molar-refractivity contribution in [3.63, 3.8) is 0 Å². The van der Waals surface area contributed by atoms with Crippen LogP contribution in [0.4, 0.5) is 5.69 Å². The molecule has 1 atom stereocenters. The molecule has 2 N–H and O–H groups in total. The van der Waals surface area contributed by atoms with Gasteiger partial charge in [0, 0.05) is 28.3 Å². The summed E-state index contributed by atoms with van der Waals surface area (Å²) in [6.45, 7) is 2.66. The maximum absolute atomic E-state index is 11.7. The number of carbonyl (C=O) groups excluding carboxylic acids is 1. The Kier molecular flexibility index (Phi) is 2.97. The fourth-order valence-electron chi connectivity index (χ4n) is 1.89. The molecule has 1 aliphatic rings. The zero-order valence-corrected chi connectivity index (χ0v) is 10.7. The van der Waals surface area contributed by atoms with Gasteiger partial charge in [-0.3, -0.25) is 4.79 Å². The molecule has 0 aromatic heterocycles. The first-order chi connectivity index (χ1) is 7.08. The molecular weight excluding hydrogens is 303 g/mol. The Hall–Kier alpha value is -0.620. The van der Waals surface area contributed by atoms with Crippen LogP contribution in [-0.2, 0) is 4.79 Å². The van der Waals surface area contributed by atoms with E-state index in [-0.39, 0.29) is 11.9 Å². The standard InChI is InChI=1S/C11H13IN2O/c1-7-4-8(12)2-3-10(7)14-6-9(13)5-11(14)15/h2-4,9H,5-6,13H2,1H3. The molecule has 1 amide bonds. The zero-order valence-electron chi connectivity index (χ0n) is 8.53. The number of benzene rings is 1. The minimum atomic E-state index is -0.0174. The normalized spacial score (nSPS) is 21.1. The topological polar surface area (TPSA) is 46.3 Å². The molecule has 3 nitrogen and oxygen atoms in total. The molecule has 1 fully saturated rings. The summed E-state index contributed by atoms with van der Waals surface area (Å²) in [6, 6.07) is 6.07. The van der Waals surface area contributed by atoms with Gasteiger partial charge in [0.05, 0.1) is 0 Å². The van der Waals surface area contributed by atoms with E-state index in [0.717, 1.165) is 11.3 Å². The molecule has 0 radical (unpaired) electrons. The number of nitrogens with two attached hydrogens (primary N) is 1. The number of aryl methyl sites for hydroxylation is 1. The first-order valence-corrected chi connectivity index (χ1v) is 5.98. The Morgan fingerprint density at radius 2 is 2.27 bits per heavy atom. The fourth-order valence-corrected chi connectivity index (χ4v) is 2.54. The maximum Gasteiger partial charge on any atom is 0.228 e. The molecule has 15 heavy (non-hydrogen) atoms. The van der Waals surface area contributed by atoms with Crippen molar-refractivity contribution in [1.29, 1.82) is 0 Å². The lowest BCUT2D eigenvalue weighted by Gasteiger charge is -2.18. The highest BCUT2D eigenvalue weighted by atomic mass is 127. The van der Waals surface area contributed by atoms with Gasteiger partial charge >= 0.3 is 0 Å². The number of anilines is 1. The van der Waals surface area contributed by atoms with E-state index in [1.165, 1.54) is 3.57 Å². The zero-order chi connectivity index (χ0) is 11.0. The number of carbonyl (C=O) groups is 1. The van der Waals surface area contributed by atoms with Crippen LogP contribution in [0.3, 0.4) is 0 Å². The summed E-state index contributed by atoms with van der Waals surface area (Å²) in [7, 11) is 0. The van der Waals surface area contributed by atoms with E-state index in [4.69, 9.17) is 5.73 Å². The van der Waals surface area contributed by atoms with Crippen LogP contribution in [0.1, 0.15) is 12.0 Å². The first-order valence-electron chi connectivity index (χ1n) is 4.90. The second-order valence-corrected chi connectivity index (χ2v) is 5.14. The molecule has 1 unspecified atom stereocenters. The van der Waals surface area contributed by atoms with Gasteiger partial charge in [0.2, 0.25) is 5.91 Å². The number of hydrogen-bond donors (Lipinski definition) is 1. The SMILES string of the molecule is Cc1cc(I)ccc1N1CC(N)CC1=O. The van der Waals surface area contributed by atoms with Gasteiger partial charge in [0.25, 0.3) is 0 Å². The van der Waals surface area contributed by atoms with Crippen LogP contribution < -0.4 is 10.6 Å². The van der Waals surface area contributed by atoms with Crippen LogP contribution in [0, 0.1) is 10.5 Å². The van der Waals surface area contributed by atoms with Gasteiger partial charge < -0.3 is 10.6 Å². The van der Waals surface area contributed by atoms with Crippen LogP contribution in [0.25, 0.3) is 0 Å². The summed E-state index contributed by atoms with van der Waals surface area (Å²) in [5.41, 5.74) is 7.89. The molecule has 0 spiro atoms. The van der Waals surface area contributed by atoms with E-state index in [2.05, 4.69) is 28.7 Å². The molecule has 1 aromatic carbocycles. The molecule has 0 bridgehead atoms. The Balaban J connectivity index is 2.34. The summed E-state index contributed by atoms with van der Waals surface area (Å²) >= 11 is 2.27. The predicted molar refractivity (Wildman–Crippen MR) is 68.8 cm³/mol. The molecule has 1 heterocycles. The average Bonchev–Trinajstić information content (AvgIpc) is 2.45. The first kappa shape index (κ1) is 10.9. The maximum atomic E-state index is 11.7. The number of rotatable bonds is 1.